The average Bonchev–Trinajstić information content (AvgIpc) is 3.21. The van der Waals surface area contributed by atoms with Crippen LogP contribution in [0.4, 0.5) is 13.2 Å². The fourth-order valence-corrected chi connectivity index (χ4v) is 3.54. The molecule has 0 amide bonds. The van der Waals surface area contributed by atoms with E-state index in [1.54, 1.807) is 11.3 Å². The van der Waals surface area contributed by atoms with Gasteiger partial charge in [-0.3, -0.25) is 0 Å². The number of hydrogen-bond acceptors (Lipinski definition) is 7. The highest BCUT2D eigenvalue weighted by Crippen LogP contribution is 2.33. The van der Waals surface area contributed by atoms with Crippen LogP contribution in [0, 0.1) is 0 Å². The number of nitrogens with zero attached hydrogens (tertiary/aromatic N) is 1. The lowest BCUT2D eigenvalue weighted by atomic mass is 10.2. The number of thiazole rings is 1. The van der Waals surface area contributed by atoms with E-state index < -0.39 is 21.4 Å². The van der Waals surface area contributed by atoms with Gasteiger partial charge in [0.05, 0.1) is 18.6 Å². The Morgan fingerprint density at radius 3 is 2.37 bits per heavy atom. The Hall–Kier alpha value is -1.57. The van der Waals surface area contributed by atoms with Gasteiger partial charge in [-0.05, 0) is 19.4 Å². The highest BCUT2D eigenvalue weighted by molar-refractivity contribution is 7.86. The summed E-state index contributed by atoms with van der Waals surface area (Å²) in [4.78, 5) is 0. The summed E-state index contributed by atoms with van der Waals surface area (Å²) in [5.41, 5.74) is -4.49. The van der Waals surface area contributed by atoms with Crippen molar-refractivity contribution < 1.29 is 44.9 Å². The molecule has 2 heterocycles. The monoisotopic (exact) mass is 469 g/mol. The molecule has 0 unspecified atom stereocenters. The van der Waals surface area contributed by atoms with Crippen LogP contribution in [0.3, 0.4) is 0 Å². The molecular formula is C18H22F3NO6S2. The van der Waals surface area contributed by atoms with Gasteiger partial charge in [0.25, 0.3) is 5.01 Å². The van der Waals surface area contributed by atoms with E-state index in [1.165, 1.54) is 0 Å². The van der Waals surface area contributed by atoms with Crippen LogP contribution in [0.15, 0.2) is 41.9 Å². The number of hydrogen-bond donors (Lipinski definition) is 0. The standard InChI is InChI=1S/C17H22NO3S.CHF3O3S/c1-17(2)20-12-14(21-17)15(16-18(3)9-10-22-16)19-11-13-7-5-4-6-8-13;2-1(3,4)8(5,6)7/h4-10,14-15H,11-12H2,1-3H3;(H,5,6,7)/q+1;/p-1/t14-,15-;/m1./s1. The summed E-state index contributed by atoms with van der Waals surface area (Å²) in [6, 6.07) is 10.2. The largest absolute Gasteiger partial charge is 0.741 e. The van der Waals surface area contributed by atoms with E-state index in [9.17, 15) is 13.2 Å². The van der Waals surface area contributed by atoms with E-state index in [2.05, 4.69) is 22.1 Å². The van der Waals surface area contributed by atoms with Crippen LogP contribution in [0.5, 0.6) is 0 Å². The van der Waals surface area contributed by atoms with Gasteiger partial charge in [0.15, 0.2) is 28.2 Å². The third kappa shape index (κ3) is 7.00. The van der Waals surface area contributed by atoms with E-state index in [-0.39, 0.29) is 12.2 Å². The number of halogens is 3. The van der Waals surface area contributed by atoms with Crippen molar-refractivity contribution in [2.45, 2.75) is 44.0 Å². The second-order valence-corrected chi connectivity index (χ2v) is 9.13. The molecule has 0 radical (unpaired) electrons. The minimum absolute atomic E-state index is 0.0939. The van der Waals surface area contributed by atoms with Gasteiger partial charge in [-0.25, -0.2) is 8.42 Å². The molecule has 30 heavy (non-hydrogen) atoms. The Balaban J connectivity index is 0.000000343. The van der Waals surface area contributed by atoms with Gasteiger partial charge >= 0.3 is 5.51 Å². The van der Waals surface area contributed by atoms with Crippen molar-refractivity contribution in [3.05, 3.63) is 52.5 Å². The van der Waals surface area contributed by atoms with Crippen LogP contribution in [-0.4, -0.2) is 37.0 Å². The van der Waals surface area contributed by atoms with Crippen LogP contribution in [-0.2, 0) is 38.0 Å². The highest BCUT2D eigenvalue weighted by atomic mass is 32.2. The SMILES string of the molecule is C[n+]1ccsc1[C@H](OCc1ccccc1)[C@H]1COC(C)(C)O1.O=S(=O)([O-])C(F)(F)F. The molecule has 1 aliphatic heterocycles. The second-order valence-electron chi connectivity index (χ2n) is 6.84. The molecule has 168 valence electrons. The van der Waals surface area contributed by atoms with Crippen LogP contribution >= 0.6 is 11.3 Å². The molecular weight excluding hydrogens is 447 g/mol. The van der Waals surface area contributed by atoms with Crippen LogP contribution in [0.2, 0.25) is 0 Å². The molecule has 0 spiro atoms. The van der Waals surface area contributed by atoms with Crippen LogP contribution in [0.25, 0.3) is 0 Å². The summed E-state index contributed by atoms with van der Waals surface area (Å²) in [5, 5.41) is 3.21. The number of rotatable bonds is 5. The summed E-state index contributed by atoms with van der Waals surface area (Å²) in [7, 11) is -4.06. The first-order valence-electron chi connectivity index (χ1n) is 8.72. The van der Waals surface area contributed by atoms with Gasteiger partial charge in [0.2, 0.25) is 0 Å². The molecule has 0 bridgehead atoms. The molecule has 1 aliphatic rings. The van der Waals surface area contributed by atoms with Crippen molar-refractivity contribution >= 4 is 21.5 Å². The summed E-state index contributed by atoms with van der Waals surface area (Å²) in [6.07, 6.45) is 1.82. The molecule has 1 aromatic carbocycles. The Morgan fingerprint density at radius 2 is 1.93 bits per heavy atom. The molecule has 3 rings (SSSR count). The molecule has 1 fully saturated rings. The molecule has 0 N–H and O–H groups in total. The minimum atomic E-state index is -6.09. The van der Waals surface area contributed by atoms with Crippen molar-refractivity contribution in [1.82, 2.24) is 0 Å². The van der Waals surface area contributed by atoms with Crippen molar-refractivity contribution in [2.75, 3.05) is 6.61 Å². The molecule has 1 aromatic heterocycles. The summed E-state index contributed by atoms with van der Waals surface area (Å²) in [6.45, 7) is 4.99. The predicted octanol–water partition coefficient (Wildman–Crippen LogP) is 3.03. The van der Waals surface area contributed by atoms with Crippen LogP contribution in [0.1, 0.15) is 30.5 Å². The molecule has 7 nitrogen and oxygen atoms in total. The topological polar surface area (TPSA) is 88.8 Å². The molecule has 2 atom stereocenters. The summed E-state index contributed by atoms with van der Waals surface area (Å²) < 4.78 is 79.0. The smallest absolute Gasteiger partial charge is 0.485 e. The van der Waals surface area contributed by atoms with E-state index in [0.717, 1.165) is 10.6 Å². The first-order valence-corrected chi connectivity index (χ1v) is 11.0. The van der Waals surface area contributed by atoms with E-state index in [4.69, 9.17) is 27.2 Å². The van der Waals surface area contributed by atoms with Crippen molar-refractivity contribution in [3.8, 4) is 0 Å². The van der Waals surface area contributed by atoms with E-state index in [0.29, 0.717) is 13.2 Å². The third-order valence-corrected chi connectivity index (χ3v) is 5.57. The number of aryl methyl sites for hydroxylation is 1. The normalized spacial score (nSPS) is 19.8. The molecule has 1 saturated heterocycles. The fourth-order valence-electron chi connectivity index (χ4n) is 2.58. The zero-order valence-corrected chi connectivity index (χ0v) is 18.1. The Bertz CT molecular complexity index is 916. The van der Waals surface area contributed by atoms with Crippen molar-refractivity contribution in [2.24, 2.45) is 7.05 Å². The zero-order chi connectivity index (χ0) is 22.6. The first-order chi connectivity index (χ1) is 13.8. The van der Waals surface area contributed by atoms with Gasteiger partial charge in [-0.1, -0.05) is 41.7 Å². The van der Waals surface area contributed by atoms with E-state index in [1.807, 2.05) is 45.3 Å². The van der Waals surface area contributed by atoms with Gasteiger partial charge in [0, 0.05) is 0 Å². The van der Waals surface area contributed by atoms with Crippen molar-refractivity contribution in [1.29, 1.82) is 0 Å². The van der Waals surface area contributed by atoms with Gasteiger partial charge in [-0.15, -0.1) is 0 Å². The number of ether oxygens (including phenoxy) is 3. The second kappa shape index (κ2) is 9.71. The Labute approximate surface area is 176 Å². The number of benzene rings is 1. The fraction of sp³-hybridized carbons (Fsp3) is 0.500. The number of aromatic nitrogens is 1. The lowest BCUT2D eigenvalue weighted by Crippen LogP contribution is -2.37. The zero-order valence-electron chi connectivity index (χ0n) is 16.5. The molecule has 2 aromatic rings. The third-order valence-electron chi connectivity index (χ3n) is 3.99. The Morgan fingerprint density at radius 1 is 1.33 bits per heavy atom. The van der Waals surface area contributed by atoms with Gasteiger partial charge in [0.1, 0.15) is 13.2 Å². The van der Waals surface area contributed by atoms with Gasteiger partial charge < -0.3 is 18.8 Å². The average molecular weight is 470 g/mol. The van der Waals surface area contributed by atoms with Crippen LogP contribution < -0.4 is 4.57 Å². The molecule has 0 aliphatic carbocycles. The highest BCUT2D eigenvalue weighted by Gasteiger charge is 2.42. The minimum Gasteiger partial charge on any atom is -0.741 e. The molecule has 0 saturated carbocycles. The first kappa shape index (κ1) is 24.7. The summed E-state index contributed by atoms with van der Waals surface area (Å²) >= 11 is 1.68. The summed E-state index contributed by atoms with van der Waals surface area (Å²) in [5.74, 6) is -0.547. The maximum absolute atomic E-state index is 10.7. The van der Waals surface area contributed by atoms with Crippen molar-refractivity contribution in [3.63, 3.8) is 0 Å². The quantitative estimate of drug-likeness (QED) is 0.380. The maximum Gasteiger partial charge on any atom is 0.485 e. The predicted molar refractivity (Wildman–Crippen MR) is 100 cm³/mol. The Kier molecular flexibility index (Phi) is 7.99. The lowest BCUT2D eigenvalue weighted by Gasteiger charge is -2.22. The number of alkyl halides is 3. The lowest BCUT2D eigenvalue weighted by molar-refractivity contribution is -0.678. The van der Waals surface area contributed by atoms with E-state index >= 15 is 0 Å². The molecule has 12 heteroatoms. The van der Waals surface area contributed by atoms with Gasteiger partial charge in [-0.2, -0.15) is 17.7 Å². The maximum atomic E-state index is 10.7.